The molecule has 0 spiro atoms. The summed E-state index contributed by atoms with van der Waals surface area (Å²) in [6.45, 7) is 2.80. The topological polar surface area (TPSA) is 42.2 Å². The maximum absolute atomic E-state index is 5.86. The van der Waals surface area contributed by atoms with E-state index in [1.165, 1.54) is 5.56 Å². The third kappa shape index (κ3) is 2.75. The van der Waals surface area contributed by atoms with Crippen molar-refractivity contribution in [3.63, 3.8) is 0 Å². The van der Waals surface area contributed by atoms with Crippen LogP contribution in [0.3, 0.4) is 0 Å². The first kappa shape index (κ1) is 12.9. The molecule has 0 radical (unpaired) electrons. The van der Waals surface area contributed by atoms with E-state index in [-0.39, 0.29) is 0 Å². The molecule has 0 aliphatic rings. The van der Waals surface area contributed by atoms with Crippen LogP contribution < -0.4 is 5.32 Å². The standard InChI is InChI=1S/C15H15ClN4/c1-11-3-2-4-14-18-15(19-20(11)14)17-10-9-12-5-7-13(16)8-6-12/h2-8H,9-10H2,1H3,(H,17,19). The van der Waals surface area contributed by atoms with Crippen LogP contribution in [0.15, 0.2) is 42.5 Å². The second-order valence-electron chi connectivity index (χ2n) is 4.68. The normalized spacial score (nSPS) is 10.9. The van der Waals surface area contributed by atoms with Crippen LogP contribution in [0.5, 0.6) is 0 Å². The van der Waals surface area contributed by atoms with E-state index in [4.69, 9.17) is 11.6 Å². The molecule has 2 aromatic heterocycles. The molecule has 102 valence electrons. The van der Waals surface area contributed by atoms with Gasteiger partial charge in [0, 0.05) is 17.3 Å². The minimum atomic E-state index is 0.660. The number of pyridine rings is 1. The van der Waals surface area contributed by atoms with Gasteiger partial charge in [-0.25, -0.2) is 4.52 Å². The summed E-state index contributed by atoms with van der Waals surface area (Å²) in [5.74, 6) is 0.660. The molecule has 2 heterocycles. The molecule has 0 aliphatic heterocycles. The Morgan fingerprint density at radius 2 is 1.95 bits per heavy atom. The van der Waals surface area contributed by atoms with Crippen LogP contribution in [0.4, 0.5) is 5.95 Å². The molecule has 0 saturated carbocycles. The fourth-order valence-corrected chi connectivity index (χ4v) is 2.21. The number of rotatable bonds is 4. The molecule has 20 heavy (non-hydrogen) atoms. The lowest BCUT2D eigenvalue weighted by Gasteiger charge is -2.02. The Hall–Kier alpha value is -2.07. The lowest BCUT2D eigenvalue weighted by Crippen LogP contribution is -2.06. The van der Waals surface area contributed by atoms with E-state index in [1.54, 1.807) is 0 Å². The van der Waals surface area contributed by atoms with E-state index in [0.717, 1.165) is 29.3 Å². The zero-order chi connectivity index (χ0) is 13.9. The Kier molecular flexibility index (Phi) is 3.56. The lowest BCUT2D eigenvalue weighted by molar-refractivity contribution is 0.904. The number of hydrogen-bond acceptors (Lipinski definition) is 3. The number of nitrogens with one attached hydrogen (secondary N) is 1. The van der Waals surface area contributed by atoms with Crippen molar-refractivity contribution in [3.05, 3.63) is 58.7 Å². The minimum absolute atomic E-state index is 0.660. The monoisotopic (exact) mass is 286 g/mol. The number of hydrogen-bond donors (Lipinski definition) is 1. The molecule has 1 N–H and O–H groups in total. The molecule has 0 amide bonds. The van der Waals surface area contributed by atoms with E-state index in [0.29, 0.717) is 5.95 Å². The van der Waals surface area contributed by atoms with E-state index in [2.05, 4.69) is 15.4 Å². The molecule has 0 fully saturated rings. The fourth-order valence-electron chi connectivity index (χ4n) is 2.08. The zero-order valence-corrected chi connectivity index (χ0v) is 11.9. The van der Waals surface area contributed by atoms with Gasteiger partial charge in [0.2, 0.25) is 5.95 Å². The maximum atomic E-state index is 5.86. The van der Waals surface area contributed by atoms with Crippen LogP contribution >= 0.6 is 11.6 Å². The highest BCUT2D eigenvalue weighted by molar-refractivity contribution is 6.30. The van der Waals surface area contributed by atoms with Gasteiger partial charge < -0.3 is 5.32 Å². The molecular weight excluding hydrogens is 272 g/mol. The summed E-state index contributed by atoms with van der Waals surface area (Å²) in [5, 5.41) is 8.44. The highest BCUT2D eigenvalue weighted by Crippen LogP contribution is 2.11. The van der Waals surface area contributed by atoms with Crippen molar-refractivity contribution in [1.82, 2.24) is 14.6 Å². The van der Waals surface area contributed by atoms with Crippen LogP contribution in [-0.4, -0.2) is 21.1 Å². The third-order valence-electron chi connectivity index (χ3n) is 3.16. The van der Waals surface area contributed by atoms with Gasteiger partial charge in [0.05, 0.1) is 0 Å². The first-order chi connectivity index (χ1) is 9.72. The third-order valence-corrected chi connectivity index (χ3v) is 3.41. The van der Waals surface area contributed by atoms with Crippen LogP contribution in [0.2, 0.25) is 5.02 Å². The van der Waals surface area contributed by atoms with E-state index >= 15 is 0 Å². The summed E-state index contributed by atoms with van der Waals surface area (Å²) in [5.41, 5.74) is 3.17. The largest absolute Gasteiger partial charge is 0.353 e. The van der Waals surface area contributed by atoms with Gasteiger partial charge in [-0.15, -0.1) is 5.10 Å². The van der Waals surface area contributed by atoms with E-state index < -0.39 is 0 Å². The van der Waals surface area contributed by atoms with Crippen LogP contribution in [-0.2, 0) is 6.42 Å². The van der Waals surface area contributed by atoms with Gasteiger partial charge in [0.1, 0.15) is 0 Å². The van der Waals surface area contributed by atoms with Gasteiger partial charge in [-0.2, -0.15) is 4.98 Å². The van der Waals surface area contributed by atoms with Crippen molar-refractivity contribution in [3.8, 4) is 0 Å². The number of fused-ring (bicyclic) bond motifs is 1. The first-order valence-corrected chi connectivity index (χ1v) is 6.91. The summed E-state index contributed by atoms with van der Waals surface area (Å²) in [4.78, 5) is 4.44. The Morgan fingerprint density at radius 3 is 2.70 bits per heavy atom. The summed E-state index contributed by atoms with van der Waals surface area (Å²) >= 11 is 5.86. The SMILES string of the molecule is Cc1cccc2nc(NCCc3ccc(Cl)cc3)nn12. The number of anilines is 1. The summed E-state index contributed by atoms with van der Waals surface area (Å²) < 4.78 is 1.84. The van der Waals surface area contributed by atoms with Gasteiger partial charge in [0.25, 0.3) is 0 Å². The average molecular weight is 287 g/mol. The Morgan fingerprint density at radius 1 is 1.15 bits per heavy atom. The fraction of sp³-hybridized carbons (Fsp3) is 0.200. The number of aromatic nitrogens is 3. The number of benzene rings is 1. The Bertz CT molecular complexity index is 718. The van der Waals surface area contributed by atoms with Gasteiger partial charge >= 0.3 is 0 Å². The van der Waals surface area contributed by atoms with Crippen molar-refractivity contribution >= 4 is 23.2 Å². The predicted octanol–water partition coefficient (Wildman–Crippen LogP) is 3.35. The molecule has 0 aliphatic carbocycles. The highest BCUT2D eigenvalue weighted by atomic mass is 35.5. The molecule has 0 bridgehead atoms. The van der Waals surface area contributed by atoms with Crippen LogP contribution in [0, 0.1) is 6.92 Å². The number of halogens is 1. The maximum Gasteiger partial charge on any atom is 0.243 e. The van der Waals surface area contributed by atoms with Gasteiger partial charge in [0.15, 0.2) is 5.65 Å². The highest BCUT2D eigenvalue weighted by Gasteiger charge is 2.04. The average Bonchev–Trinajstić information content (AvgIpc) is 2.85. The predicted molar refractivity (Wildman–Crippen MR) is 81.4 cm³/mol. The molecular formula is C15H15ClN4. The summed E-state index contributed by atoms with van der Waals surface area (Å²) in [6, 6.07) is 13.8. The van der Waals surface area contributed by atoms with Gasteiger partial charge in [-0.3, -0.25) is 0 Å². The molecule has 1 aromatic carbocycles. The van der Waals surface area contributed by atoms with Crippen molar-refractivity contribution in [1.29, 1.82) is 0 Å². The van der Waals surface area contributed by atoms with Crippen LogP contribution in [0.1, 0.15) is 11.3 Å². The zero-order valence-electron chi connectivity index (χ0n) is 11.2. The second kappa shape index (κ2) is 5.51. The number of aryl methyl sites for hydroxylation is 1. The Balaban J connectivity index is 1.65. The quantitative estimate of drug-likeness (QED) is 0.800. The Labute approximate surface area is 122 Å². The van der Waals surface area contributed by atoms with Crippen molar-refractivity contribution in [2.75, 3.05) is 11.9 Å². The smallest absolute Gasteiger partial charge is 0.243 e. The van der Waals surface area contributed by atoms with Crippen molar-refractivity contribution in [2.24, 2.45) is 0 Å². The minimum Gasteiger partial charge on any atom is -0.353 e. The van der Waals surface area contributed by atoms with E-state index in [1.807, 2.05) is 53.9 Å². The lowest BCUT2D eigenvalue weighted by atomic mass is 10.1. The van der Waals surface area contributed by atoms with Crippen molar-refractivity contribution in [2.45, 2.75) is 13.3 Å². The molecule has 4 nitrogen and oxygen atoms in total. The molecule has 5 heteroatoms. The van der Waals surface area contributed by atoms with Crippen LogP contribution in [0.25, 0.3) is 5.65 Å². The second-order valence-corrected chi connectivity index (χ2v) is 5.11. The van der Waals surface area contributed by atoms with Gasteiger partial charge in [-0.1, -0.05) is 29.8 Å². The molecule has 0 atom stereocenters. The molecule has 0 saturated heterocycles. The number of nitrogens with zero attached hydrogens (tertiary/aromatic N) is 3. The van der Waals surface area contributed by atoms with E-state index in [9.17, 15) is 0 Å². The molecule has 3 rings (SSSR count). The molecule has 3 aromatic rings. The molecule has 0 unspecified atom stereocenters. The summed E-state index contributed by atoms with van der Waals surface area (Å²) in [7, 11) is 0. The summed E-state index contributed by atoms with van der Waals surface area (Å²) in [6.07, 6.45) is 0.908. The van der Waals surface area contributed by atoms with Gasteiger partial charge in [-0.05, 0) is 43.2 Å². The first-order valence-electron chi connectivity index (χ1n) is 6.53. The van der Waals surface area contributed by atoms with Crippen molar-refractivity contribution < 1.29 is 0 Å².